The fraction of sp³-hybridized carbons (Fsp3) is 0.214. The minimum absolute atomic E-state index is 0.242. The van der Waals surface area contributed by atoms with Gasteiger partial charge in [0.1, 0.15) is 17.8 Å². The molecule has 104 valence electrons. The lowest BCUT2D eigenvalue weighted by atomic mass is 10.3. The van der Waals surface area contributed by atoms with Crippen molar-refractivity contribution in [1.29, 1.82) is 0 Å². The minimum atomic E-state index is -0.266. The van der Waals surface area contributed by atoms with Gasteiger partial charge in [0.25, 0.3) is 5.91 Å². The summed E-state index contributed by atoms with van der Waals surface area (Å²) in [5.74, 6) is 0.367. The van der Waals surface area contributed by atoms with Crippen molar-refractivity contribution in [3.05, 3.63) is 46.8 Å². The average molecular weight is 335 g/mol. The summed E-state index contributed by atoms with van der Waals surface area (Å²) in [5, 5.41) is 5.93. The molecular formula is C14H15BrN4O. The summed E-state index contributed by atoms with van der Waals surface area (Å²) < 4.78 is 0.903. The van der Waals surface area contributed by atoms with E-state index in [9.17, 15) is 4.79 Å². The zero-order chi connectivity index (χ0) is 14.5. The summed E-state index contributed by atoms with van der Waals surface area (Å²) >= 11 is 3.36. The largest absolute Gasteiger partial charge is 0.368 e. The van der Waals surface area contributed by atoms with E-state index in [4.69, 9.17) is 0 Å². The first-order valence-corrected chi connectivity index (χ1v) is 6.99. The topological polar surface area (TPSA) is 66.9 Å². The SMILES string of the molecule is CC(C)Nc1cc(C(=O)Nc2cccc(Br)c2)ncn1. The van der Waals surface area contributed by atoms with E-state index < -0.39 is 0 Å². The summed E-state index contributed by atoms with van der Waals surface area (Å²) in [6.45, 7) is 4.01. The molecule has 2 aromatic rings. The molecule has 20 heavy (non-hydrogen) atoms. The molecule has 0 aliphatic rings. The van der Waals surface area contributed by atoms with Gasteiger partial charge in [0, 0.05) is 22.3 Å². The Morgan fingerprint density at radius 1 is 1.25 bits per heavy atom. The van der Waals surface area contributed by atoms with Crippen molar-refractivity contribution in [1.82, 2.24) is 9.97 Å². The van der Waals surface area contributed by atoms with Gasteiger partial charge in [0.15, 0.2) is 0 Å². The van der Waals surface area contributed by atoms with Crippen LogP contribution in [0.2, 0.25) is 0 Å². The highest BCUT2D eigenvalue weighted by molar-refractivity contribution is 9.10. The number of aromatic nitrogens is 2. The Bertz CT molecular complexity index is 616. The van der Waals surface area contributed by atoms with Crippen LogP contribution in [0, 0.1) is 0 Å². The third kappa shape index (κ3) is 4.03. The normalized spacial score (nSPS) is 10.4. The third-order valence-corrected chi connectivity index (χ3v) is 2.91. The standard InChI is InChI=1S/C14H15BrN4O/c1-9(2)18-13-7-12(16-8-17-13)14(20)19-11-5-3-4-10(15)6-11/h3-9H,1-2H3,(H,19,20)(H,16,17,18). The number of amides is 1. The quantitative estimate of drug-likeness (QED) is 0.900. The maximum atomic E-state index is 12.1. The molecule has 0 saturated carbocycles. The van der Waals surface area contributed by atoms with Crippen molar-refractivity contribution in [2.24, 2.45) is 0 Å². The fourth-order valence-corrected chi connectivity index (χ4v) is 2.02. The Morgan fingerprint density at radius 3 is 2.75 bits per heavy atom. The van der Waals surface area contributed by atoms with Crippen LogP contribution < -0.4 is 10.6 Å². The molecule has 5 nitrogen and oxygen atoms in total. The first-order valence-electron chi connectivity index (χ1n) is 6.20. The van der Waals surface area contributed by atoms with Gasteiger partial charge in [-0.3, -0.25) is 4.79 Å². The second-order valence-electron chi connectivity index (χ2n) is 4.55. The Morgan fingerprint density at radius 2 is 2.05 bits per heavy atom. The van der Waals surface area contributed by atoms with Gasteiger partial charge in [-0.15, -0.1) is 0 Å². The molecule has 0 spiro atoms. The first-order chi connectivity index (χ1) is 9.54. The number of carbonyl (C=O) groups is 1. The molecule has 0 fully saturated rings. The third-order valence-electron chi connectivity index (χ3n) is 2.42. The van der Waals surface area contributed by atoms with E-state index in [2.05, 4.69) is 36.5 Å². The highest BCUT2D eigenvalue weighted by Crippen LogP contribution is 2.16. The number of hydrogen-bond acceptors (Lipinski definition) is 4. The van der Waals surface area contributed by atoms with E-state index >= 15 is 0 Å². The second kappa shape index (κ2) is 6.47. The number of halogens is 1. The number of hydrogen-bond donors (Lipinski definition) is 2. The van der Waals surface area contributed by atoms with Crippen molar-refractivity contribution in [3.63, 3.8) is 0 Å². The summed E-state index contributed by atoms with van der Waals surface area (Å²) in [5.41, 5.74) is 1.03. The molecule has 1 aromatic carbocycles. The van der Waals surface area contributed by atoms with Crippen molar-refractivity contribution in [2.45, 2.75) is 19.9 Å². The molecule has 0 radical (unpaired) electrons. The molecule has 1 heterocycles. The van der Waals surface area contributed by atoms with Gasteiger partial charge in [-0.25, -0.2) is 9.97 Å². The van der Waals surface area contributed by atoms with Gasteiger partial charge < -0.3 is 10.6 Å². The van der Waals surface area contributed by atoms with Gasteiger partial charge in [0.2, 0.25) is 0 Å². The summed E-state index contributed by atoms with van der Waals surface area (Å²) in [4.78, 5) is 20.2. The van der Waals surface area contributed by atoms with Gasteiger partial charge in [0.05, 0.1) is 0 Å². The van der Waals surface area contributed by atoms with E-state index in [1.807, 2.05) is 38.1 Å². The second-order valence-corrected chi connectivity index (χ2v) is 5.47. The van der Waals surface area contributed by atoms with Crippen molar-refractivity contribution >= 4 is 33.3 Å². The predicted octanol–water partition coefficient (Wildman–Crippen LogP) is 3.31. The monoisotopic (exact) mass is 334 g/mol. The number of anilines is 2. The summed E-state index contributed by atoms with van der Waals surface area (Å²) in [6.07, 6.45) is 1.38. The lowest BCUT2D eigenvalue weighted by Crippen LogP contribution is -2.16. The predicted molar refractivity (Wildman–Crippen MR) is 82.9 cm³/mol. The van der Waals surface area contributed by atoms with E-state index in [0.717, 1.165) is 4.47 Å². The molecule has 1 amide bonds. The summed E-state index contributed by atoms with van der Waals surface area (Å²) in [7, 11) is 0. The number of carbonyl (C=O) groups excluding carboxylic acids is 1. The molecule has 0 aliphatic carbocycles. The summed E-state index contributed by atoms with van der Waals surface area (Å²) in [6, 6.07) is 9.26. The van der Waals surface area contributed by atoms with Crippen LogP contribution in [0.25, 0.3) is 0 Å². The average Bonchev–Trinajstić information content (AvgIpc) is 2.38. The van der Waals surface area contributed by atoms with Gasteiger partial charge >= 0.3 is 0 Å². The van der Waals surface area contributed by atoms with Crippen LogP contribution in [0.1, 0.15) is 24.3 Å². The molecular weight excluding hydrogens is 320 g/mol. The van der Waals surface area contributed by atoms with Crippen LogP contribution >= 0.6 is 15.9 Å². The van der Waals surface area contributed by atoms with E-state index in [1.165, 1.54) is 6.33 Å². The van der Waals surface area contributed by atoms with Crippen LogP contribution in [0.15, 0.2) is 41.1 Å². The molecule has 6 heteroatoms. The van der Waals surface area contributed by atoms with Gasteiger partial charge in [-0.2, -0.15) is 0 Å². The molecule has 0 aliphatic heterocycles. The molecule has 0 unspecified atom stereocenters. The number of benzene rings is 1. The maximum Gasteiger partial charge on any atom is 0.274 e. The number of nitrogens with zero attached hydrogens (tertiary/aromatic N) is 2. The van der Waals surface area contributed by atoms with E-state index in [-0.39, 0.29) is 11.9 Å². The zero-order valence-corrected chi connectivity index (χ0v) is 12.8. The molecule has 0 saturated heterocycles. The Kier molecular flexibility index (Phi) is 4.68. The molecule has 1 aromatic heterocycles. The highest BCUT2D eigenvalue weighted by atomic mass is 79.9. The maximum absolute atomic E-state index is 12.1. The highest BCUT2D eigenvalue weighted by Gasteiger charge is 2.09. The lowest BCUT2D eigenvalue weighted by molar-refractivity contribution is 0.102. The Balaban J connectivity index is 2.13. The van der Waals surface area contributed by atoms with Crippen molar-refractivity contribution < 1.29 is 4.79 Å². The first kappa shape index (κ1) is 14.5. The van der Waals surface area contributed by atoms with Gasteiger partial charge in [-0.05, 0) is 32.0 Å². The van der Waals surface area contributed by atoms with Crippen LogP contribution in [0.3, 0.4) is 0 Å². The van der Waals surface area contributed by atoms with E-state index in [1.54, 1.807) is 6.07 Å². The Hall–Kier alpha value is -1.95. The fourth-order valence-electron chi connectivity index (χ4n) is 1.62. The smallest absolute Gasteiger partial charge is 0.274 e. The lowest BCUT2D eigenvalue weighted by Gasteiger charge is -2.10. The molecule has 0 atom stereocenters. The van der Waals surface area contributed by atoms with Crippen LogP contribution in [0.5, 0.6) is 0 Å². The van der Waals surface area contributed by atoms with Gasteiger partial charge in [-0.1, -0.05) is 22.0 Å². The minimum Gasteiger partial charge on any atom is -0.368 e. The van der Waals surface area contributed by atoms with Crippen molar-refractivity contribution in [3.8, 4) is 0 Å². The number of rotatable bonds is 4. The zero-order valence-electron chi connectivity index (χ0n) is 11.2. The molecule has 2 rings (SSSR count). The molecule has 0 bridgehead atoms. The van der Waals surface area contributed by atoms with Crippen molar-refractivity contribution in [2.75, 3.05) is 10.6 Å². The molecule has 2 N–H and O–H groups in total. The van der Waals surface area contributed by atoms with Crippen LogP contribution in [-0.2, 0) is 0 Å². The van der Waals surface area contributed by atoms with Crippen LogP contribution in [-0.4, -0.2) is 21.9 Å². The number of nitrogens with one attached hydrogen (secondary N) is 2. The van der Waals surface area contributed by atoms with E-state index in [0.29, 0.717) is 17.2 Å². The Labute approximate surface area is 126 Å². The van der Waals surface area contributed by atoms with Crippen LogP contribution in [0.4, 0.5) is 11.5 Å².